The van der Waals surface area contributed by atoms with Gasteiger partial charge in [-0.25, -0.2) is 4.68 Å². The standard InChI is InChI=1S/C16H21N5O2/c1-16(2,3)12-7-4-5-8-13(12)23-11-14(22)20-9-6-10-21-15(20)17-18-19-21/h4-5,7-8H,6,9-11H2,1-3H3. The number of aromatic nitrogens is 4. The molecule has 1 aromatic carbocycles. The van der Waals surface area contributed by atoms with E-state index < -0.39 is 0 Å². The third-order valence-corrected chi connectivity index (χ3v) is 3.85. The number of carbonyl (C=O) groups is 1. The van der Waals surface area contributed by atoms with Gasteiger partial charge in [-0.1, -0.05) is 44.1 Å². The first-order valence-corrected chi connectivity index (χ1v) is 7.75. The lowest BCUT2D eigenvalue weighted by atomic mass is 9.86. The Morgan fingerprint density at radius 1 is 1.26 bits per heavy atom. The minimum absolute atomic E-state index is 0.0278. The SMILES string of the molecule is CC(C)(C)c1ccccc1OCC(=O)N1CCCn2nnnc21. The van der Waals surface area contributed by atoms with Crippen molar-refractivity contribution in [3.8, 4) is 5.75 Å². The van der Waals surface area contributed by atoms with Gasteiger partial charge >= 0.3 is 0 Å². The Morgan fingerprint density at radius 3 is 2.83 bits per heavy atom. The summed E-state index contributed by atoms with van der Waals surface area (Å²) in [5.74, 6) is 1.10. The molecule has 1 aromatic heterocycles. The number of tetrazole rings is 1. The van der Waals surface area contributed by atoms with Gasteiger partial charge in [0.2, 0.25) is 0 Å². The fourth-order valence-corrected chi connectivity index (χ4v) is 2.68. The molecule has 0 spiro atoms. The Morgan fingerprint density at radius 2 is 2.04 bits per heavy atom. The minimum Gasteiger partial charge on any atom is -0.483 e. The number of aryl methyl sites for hydroxylation is 1. The zero-order valence-electron chi connectivity index (χ0n) is 13.7. The number of benzene rings is 1. The van der Waals surface area contributed by atoms with E-state index in [1.165, 1.54) is 0 Å². The topological polar surface area (TPSA) is 73.1 Å². The molecule has 2 heterocycles. The molecular formula is C16H21N5O2. The largest absolute Gasteiger partial charge is 0.483 e. The molecule has 0 atom stereocenters. The number of para-hydroxylation sites is 1. The number of amides is 1. The molecule has 0 saturated carbocycles. The van der Waals surface area contributed by atoms with Crippen molar-refractivity contribution in [1.29, 1.82) is 0 Å². The molecule has 0 fully saturated rings. The van der Waals surface area contributed by atoms with Crippen molar-refractivity contribution in [1.82, 2.24) is 20.2 Å². The average Bonchev–Trinajstić information content (AvgIpc) is 3.00. The van der Waals surface area contributed by atoms with Gasteiger partial charge < -0.3 is 4.74 Å². The van der Waals surface area contributed by atoms with E-state index in [1.54, 1.807) is 9.58 Å². The van der Waals surface area contributed by atoms with Crippen molar-refractivity contribution in [3.63, 3.8) is 0 Å². The highest BCUT2D eigenvalue weighted by atomic mass is 16.5. The van der Waals surface area contributed by atoms with Crippen molar-refractivity contribution < 1.29 is 9.53 Å². The lowest BCUT2D eigenvalue weighted by Crippen LogP contribution is -2.41. The summed E-state index contributed by atoms with van der Waals surface area (Å²) in [6.07, 6.45) is 0.836. The predicted molar refractivity (Wildman–Crippen MR) is 85.4 cm³/mol. The van der Waals surface area contributed by atoms with Crippen LogP contribution in [0.3, 0.4) is 0 Å². The van der Waals surface area contributed by atoms with Crippen LogP contribution in [0.15, 0.2) is 24.3 Å². The summed E-state index contributed by atoms with van der Waals surface area (Å²) in [6.45, 7) is 7.69. The quantitative estimate of drug-likeness (QED) is 0.863. The normalized spacial score (nSPS) is 14.5. The maximum atomic E-state index is 12.5. The summed E-state index contributed by atoms with van der Waals surface area (Å²) < 4.78 is 7.44. The van der Waals surface area contributed by atoms with Gasteiger partial charge in [0, 0.05) is 13.1 Å². The molecule has 3 rings (SSSR count). The van der Waals surface area contributed by atoms with E-state index in [4.69, 9.17) is 4.74 Å². The second-order valence-corrected chi connectivity index (χ2v) is 6.64. The number of rotatable bonds is 3. The monoisotopic (exact) mass is 315 g/mol. The van der Waals surface area contributed by atoms with Crippen LogP contribution in [0.4, 0.5) is 5.95 Å². The summed E-state index contributed by atoms with van der Waals surface area (Å²) in [5, 5.41) is 11.4. The second-order valence-electron chi connectivity index (χ2n) is 6.64. The molecule has 0 unspecified atom stereocenters. The van der Waals surface area contributed by atoms with Crippen LogP contribution in [0.2, 0.25) is 0 Å². The molecule has 1 amide bonds. The van der Waals surface area contributed by atoms with Crippen LogP contribution in [-0.2, 0) is 16.8 Å². The molecule has 7 nitrogen and oxygen atoms in total. The van der Waals surface area contributed by atoms with Gasteiger partial charge in [0.15, 0.2) is 6.61 Å². The van der Waals surface area contributed by atoms with Crippen LogP contribution >= 0.6 is 0 Å². The molecule has 1 aliphatic heterocycles. The molecule has 122 valence electrons. The van der Waals surface area contributed by atoms with Crippen molar-refractivity contribution in [2.24, 2.45) is 0 Å². The van der Waals surface area contributed by atoms with Crippen LogP contribution in [0.1, 0.15) is 32.8 Å². The van der Waals surface area contributed by atoms with Gasteiger partial charge in [-0.15, -0.1) is 0 Å². The predicted octanol–water partition coefficient (Wildman–Crippen LogP) is 1.79. The van der Waals surface area contributed by atoms with Crippen LogP contribution in [0.5, 0.6) is 5.75 Å². The van der Waals surface area contributed by atoms with E-state index in [1.807, 2.05) is 24.3 Å². The summed E-state index contributed by atoms with van der Waals surface area (Å²) >= 11 is 0. The van der Waals surface area contributed by atoms with Crippen molar-refractivity contribution in [2.75, 3.05) is 18.1 Å². The fraction of sp³-hybridized carbons (Fsp3) is 0.500. The molecule has 0 aliphatic carbocycles. The van der Waals surface area contributed by atoms with Crippen molar-refractivity contribution >= 4 is 11.9 Å². The van der Waals surface area contributed by atoms with E-state index in [2.05, 4.69) is 36.3 Å². The highest BCUT2D eigenvalue weighted by Crippen LogP contribution is 2.31. The maximum Gasteiger partial charge on any atom is 0.267 e. The molecule has 0 radical (unpaired) electrons. The number of ether oxygens (including phenoxy) is 1. The number of hydrogen-bond donors (Lipinski definition) is 0. The Balaban J connectivity index is 1.72. The van der Waals surface area contributed by atoms with Gasteiger partial charge in [-0.3, -0.25) is 9.69 Å². The fourth-order valence-electron chi connectivity index (χ4n) is 2.68. The summed E-state index contributed by atoms with van der Waals surface area (Å²) in [4.78, 5) is 14.1. The van der Waals surface area contributed by atoms with Crippen molar-refractivity contribution in [2.45, 2.75) is 39.2 Å². The van der Waals surface area contributed by atoms with Crippen LogP contribution in [0, 0.1) is 0 Å². The van der Waals surface area contributed by atoms with E-state index in [0.29, 0.717) is 12.5 Å². The number of anilines is 1. The summed E-state index contributed by atoms with van der Waals surface area (Å²) in [5.41, 5.74) is 1.03. The lowest BCUT2D eigenvalue weighted by molar-refractivity contribution is -0.120. The lowest BCUT2D eigenvalue weighted by Gasteiger charge is -2.26. The number of fused-ring (bicyclic) bond motifs is 1. The van der Waals surface area contributed by atoms with Crippen LogP contribution in [0.25, 0.3) is 0 Å². The van der Waals surface area contributed by atoms with Gasteiger partial charge in [0.25, 0.3) is 11.9 Å². The molecule has 0 N–H and O–H groups in total. The highest BCUT2D eigenvalue weighted by Gasteiger charge is 2.26. The molecule has 0 bridgehead atoms. The van der Waals surface area contributed by atoms with Crippen LogP contribution < -0.4 is 9.64 Å². The van der Waals surface area contributed by atoms with Gasteiger partial charge in [0.05, 0.1) is 0 Å². The minimum atomic E-state index is -0.135. The third-order valence-electron chi connectivity index (χ3n) is 3.85. The van der Waals surface area contributed by atoms with Crippen LogP contribution in [-0.4, -0.2) is 39.3 Å². The first kappa shape index (κ1) is 15.5. The molecule has 23 heavy (non-hydrogen) atoms. The molecule has 1 aliphatic rings. The molecule has 2 aromatic rings. The number of hydrogen-bond acceptors (Lipinski definition) is 5. The van der Waals surface area contributed by atoms with E-state index in [9.17, 15) is 4.79 Å². The van der Waals surface area contributed by atoms with E-state index >= 15 is 0 Å². The first-order valence-electron chi connectivity index (χ1n) is 7.75. The Hall–Kier alpha value is -2.44. The van der Waals surface area contributed by atoms with Gasteiger partial charge in [-0.05, 0) is 33.9 Å². The zero-order chi connectivity index (χ0) is 16.4. The van der Waals surface area contributed by atoms with Gasteiger partial charge in [0.1, 0.15) is 5.75 Å². The Labute approximate surface area is 135 Å². The number of nitrogens with zero attached hydrogens (tertiary/aromatic N) is 5. The average molecular weight is 315 g/mol. The van der Waals surface area contributed by atoms with Gasteiger partial charge in [-0.2, -0.15) is 0 Å². The third kappa shape index (κ3) is 3.18. The highest BCUT2D eigenvalue weighted by molar-refractivity contribution is 5.92. The summed E-state index contributed by atoms with van der Waals surface area (Å²) in [6, 6.07) is 7.82. The van der Waals surface area contributed by atoms with Crippen molar-refractivity contribution in [3.05, 3.63) is 29.8 Å². The Kier molecular flexibility index (Phi) is 4.02. The second kappa shape index (κ2) is 5.98. The molecular weight excluding hydrogens is 294 g/mol. The molecule has 7 heteroatoms. The number of carbonyl (C=O) groups excluding carboxylic acids is 1. The van der Waals surface area contributed by atoms with E-state index in [0.717, 1.165) is 24.3 Å². The Bertz CT molecular complexity index is 704. The molecule has 0 saturated heterocycles. The maximum absolute atomic E-state index is 12.5. The smallest absolute Gasteiger partial charge is 0.267 e. The van der Waals surface area contributed by atoms with E-state index in [-0.39, 0.29) is 17.9 Å². The zero-order valence-corrected chi connectivity index (χ0v) is 13.7. The summed E-state index contributed by atoms with van der Waals surface area (Å²) in [7, 11) is 0. The first-order chi connectivity index (χ1) is 11.0.